The average Bonchev–Trinajstić information content (AvgIpc) is 3.03. The van der Waals surface area contributed by atoms with E-state index in [-0.39, 0.29) is 40.9 Å². The summed E-state index contributed by atoms with van der Waals surface area (Å²) in [6, 6.07) is 0.248. The topological polar surface area (TPSA) is 58.6 Å². The first-order valence-electron chi connectivity index (χ1n) is 12.0. The van der Waals surface area contributed by atoms with Crippen LogP contribution in [0.25, 0.3) is 0 Å². The maximum absolute atomic E-state index is 15.0. The van der Waals surface area contributed by atoms with Crippen LogP contribution in [0.3, 0.4) is 0 Å². The summed E-state index contributed by atoms with van der Waals surface area (Å²) in [4.78, 5) is 25.6. The van der Waals surface area contributed by atoms with Crippen LogP contribution < -0.4 is 9.80 Å². The van der Waals surface area contributed by atoms with Crippen molar-refractivity contribution in [2.45, 2.75) is 77.7 Å². The van der Waals surface area contributed by atoms with Gasteiger partial charge in [0.25, 0.3) is 5.92 Å². The van der Waals surface area contributed by atoms with E-state index in [9.17, 15) is 4.79 Å². The molecule has 0 N–H and O–H groups in total. The molecule has 1 aromatic heterocycles. The number of anilines is 2. The van der Waals surface area contributed by atoms with Crippen LogP contribution in [-0.2, 0) is 21.9 Å². The summed E-state index contributed by atoms with van der Waals surface area (Å²) >= 11 is 0. The number of halogens is 2. The van der Waals surface area contributed by atoms with Crippen molar-refractivity contribution in [3.8, 4) is 0 Å². The summed E-state index contributed by atoms with van der Waals surface area (Å²) in [6.45, 7) is 8.78. The van der Waals surface area contributed by atoms with Gasteiger partial charge in [-0.25, -0.2) is 4.98 Å². The minimum absolute atomic E-state index is 0.0468. The zero-order valence-corrected chi connectivity index (χ0v) is 19.6. The van der Waals surface area contributed by atoms with E-state index in [1.54, 1.807) is 0 Å². The van der Waals surface area contributed by atoms with Gasteiger partial charge in [0.05, 0.1) is 7.11 Å². The van der Waals surface area contributed by atoms with E-state index in [1.165, 1.54) is 7.11 Å². The van der Waals surface area contributed by atoms with Crippen molar-refractivity contribution in [3.63, 3.8) is 0 Å². The van der Waals surface area contributed by atoms with Gasteiger partial charge in [0.15, 0.2) is 0 Å². The molecule has 3 heterocycles. The van der Waals surface area contributed by atoms with Crippen molar-refractivity contribution in [3.05, 3.63) is 11.3 Å². The van der Waals surface area contributed by atoms with E-state index in [0.29, 0.717) is 36.6 Å². The molecule has 2 aliphatic heterocycles. The van der Waals surface area contributed by atoms with Crippen LogP contribution in [-0.4, -0.2) is 48.7 Å². The summed E-state index contributed by atoms with van der Waals surface area (Å²) in [6.07, 6.45) is 4.51. The Balaban J connectivity index is 1.51. The fraction of sp³-hybridized carbons (Fsp3) is 0.792. The van der Waals surface area contributed by atoms with E-state index < -0.39 is 5.92 Å². The third-order valence-electron chi connectivity index (χ3n) is 8.99. The molecule has 3 fully saturated rings. The minimum atomic E-state index is -2.91. The number of carbonyl (C=O) groups excluding carboxylic acids is 1. The van der Waals surface area contributed by atoms with Crippen molar-refractivity contribution in [1.29, 1.82) is 0 Å². The Morgan fingerprint density at radius 3 is 2.53 bits per heavy atom. The number of piperidine rings is 2. The summed E-state index contributed by atoms with van der Waals surface area (Å²) in [5.41, 5.74) is 0.458. The molecule has 4 aliphatic rings. The molecular weight excluding hydrogens is 414 g/mol. The fourth-order valence-electron chi connectivity index (χ4n) is 6.74. The monoisotopic (exact) mass is 448 g/mol. The summed E-state index contributed by atoms with van der Waals surface area (Å²) in [5.74, 6) is -1.70. The molecule has 4 atom stereocenters. The van der Waals surface area contributed by atoms with E-state index in [0.717, 1.165) is 38.9 Å². The van der Waals surface area contributed by atoms with Gasteiger partial charge in [0.1, 0.15) is 11.5 Å². The lowest BCUT2D eigenvalue weighted by molar-refractivity contribution is -0.141. The molecule has 8 heteroatoms. The number of hydrogen-bond acceptors (Lipinski definition) is 6. The molecule has 2 saturated heterocycles. The van der Waals surface area contributed by atoms with Crippen molar-refractivity contribution < 1.29 is 18.3 Å². The summed E-state index contributed by atoms with van der Waals surface area (Å²) in [5, 5.41) is 0. The number of esters is 1. The highest BCUT2D eigenvalue weighted by Gasteiger charge is 2.75. The van der Waals surface area contributed by atoms with E-state index >= 15 is 8.78 Å². The lowest BCUT2D eigenvalue weighted by Crippen LogP contribution is -2.40. The first-order valence-corrected chi connectivity index (χ1v) is 12.0. The molecular formula is C24H34F2N4O2. The number of methoxy groups -OCH3 is 1. The highest BCUT2D eigenvalue weighted by molar-refractivity contribution is 5.71. The Hall–Kier alpha value is -1.99. The second-order valence-corrected chi connectivity index (χ2v) is 10.8. The third-order valence-corrected chi connectivity index (χ3v) is 8.99. The van der Waals surface area contributed by atoms with Gasteiger partial charge in [-0.15, -0.1) is 0 Å². The third kappa shape index (κ3) is 3.11. The van der Waals surface area contributed by atoms with Gasteiger partial charge < -0.3 is 14.5 Å². The first kappa shape index (κ1) is 21.8. The number of rotatable bonds is 4. The van der Waals surface area contributed by atoms with Gasteiger partial charge in [-0.2, -0.15) is 13.8 Å². The van der Waals surface area contributed by atoms with Crippen LogP contribution in [0, 0.1) is 16.7 Å². The van der Waals surface area contributed by atoms with Gasteiger partial charge in [-0.1, -0.05) is 13.8 Å². The molecule has 1 unspecified atom stereocenters. The molecule has 0 radical (unpaired) electrons. The summed E-state index contributed by atoms with van der Waals surface area (Å²) < 4.78 is 34.9. The van der Waals surface area contributed by atoms with Crippen LogP contribution in [0.15, 0.2) is 0 Å². The van der Waals surface area contributed by atoms with Crippen molar-refractivity contribution in [2.24, 2.45) is 16.7 Å². The number of fused-ring (bicyclic) bond motifs is 2. The van der Waals surface area contributed by atoms with Crippen LogP contribution >= 0.6 is 0 Å². The molecule has 0 spiro atoms. The maximum Gasteiger partial charge on any atom is 0.305 e. The normalized spacial score (nSPS) is 35.3. The Morgan fingerprint density at radius 2 is 1.88 bits per heavy atom. The van der Waals surface area contributed by atoms with Gasteiger partial charge in [-0.3, -0.25) is 4.79 Å². The predicted molar refractivity (Wildman–Crippen MR) is 118 cm³/mol. The summed E-state index contributed by atoms with van der Waals surface area (Å²) in [7, 11) is 1.42. The van der Waals surface area contributed by atoms with E-state index in [1.807, 2.05) is 0 Å². The Bertz CT molecular complexity index is 923. The lowest BCUT2D eigenvalue weighted by atomic mass is 9.92. The highest BCUT2D eigenvalue weighted by Crippen LogP contribution is 2.74. The maximum atomic E-state index is 15.0. The average molecular weight is 449 g/mol. The second kappa shape index (κ2) is 7.26. The fourth-order valence-corrected chi connectivity index (χ4v) is 6.74. The molecule has 5 rings (SSSR count). The molecule has 6 nitrogen and oxygen atoms in total. The number of hydrogen-bond donors (Lipinski definition) is 0. The minimum Gasteiger partial charge on any atom is -0.469 e. The smallest absolute Gasteiger partial charge is 0.305 e. The highest BCUT2D eigenvalue weighted by atomic mass is 19.3. The largest absolute Gasteiger partial charge is 0.469 e. The SMILES string of the molecule is COC(=O)C[C@@H]1C2(C)CN(c3nc(N4CCCC[C@@H]4C)nc4c3CCCC4(F)F)C[C@@]12C. The van der Waals surface area contributed by atoms with Crippen molar-refractivity contribution in [1.82, 2.24) is 9.97 Å². The Kier molecular flexibility index (Phi) is 4.95. The molecule has 0 amide bonds. The lowest BCUT2D eigenvalue weighted by Gasteiger charge is -2.36. The molecule has 2 aliphatic carbocycles. The van der Waals surface area contributed by atoms with E-state index in [2.05, 4.69) is 35.6 Å². The van der Waals surface area contributed by atoms with Crippen molar-refractivity contribution >= 4 is 17.7 Å². The predicted octanol–water partition coefficient (Wildman–Crippen LogP) is 4.31. The number of nitrogens with zero attached hydrogens (tertiary/aromatic N) is 4. The van der Waals surface area contributed by atoms with Gasteiger partial charge >= 0.3 is 5.97 Å². The molecule has 0 aromatic carbocycles. The first-order chi connectivity index (χ1) is 15.1. The zero-order chi connectivity index (χ0) is 22.9. The molecule has 32 heavy (non-hydrogen) atoms. The van der Waals surface area contributed by atoms with Crippen molar-refractivity contribution in [2.75, 3.05) is 36.5 Å². The van der Waals surface area contributed by atoms with Crippen LogP contribution in [0.5, 0.6) is 0 Å². The number of aromatic nitrogens is 2. The number of ether oxygens (including phenoxy) is 1. The molecule has 1 saturated carbocycles. The quantitative estimate of drug-likeness (QED) is 0.640. The van der Waals surface area contributed by atoms with Gasteiger partial charge in [-0.05, 0) is 55.8 Å². The Morgan fingerprint density at radius 1 is 1.16 bits per heavy atom. The van der Waals surface area contributed by atoms with Crippen LogP contribution in [0.2, 0.25) is 0 Å². The second-order valence-electron chi connectivity index (χ2n) is 10.8. The Labute approximate surface area is 188 Å². The zero-order valence-electron chi connectivity index (χ0n) is 19.6. The van der Waals surface area contributed by atoms with Gasteiger partial charge in [0, 0.05) is 44.1 Å². The molecule has 176 valence electrons. The standard InChI is InChI=1S/C24H34F2N4O2/c1-15-8-5-6-11-30(15)21-27-19-16(9-7-10-24(19,25)26)20(28-21)29-13-22(2)17(12-18(31)32-4)23(22,3)14-29/h15,17H,5-14H2,1-4H3/t15-,17-,22-,23?/m0/s1. The molecule has 1 aromatic rings. The number of carbonyl (C=O) groups is 1. The van der Waals surface area contributed by atoms with Crippen LogP contribution in [0.4, 0.5) is 20.5 Å². The van der Waals surface area contributed by atoms with E-state index in [4.69, 9.17) is 9.72 Å². The number of alkyl halides is 2. The molecule has 0 bridgehead atoms. The van der Waals surface area contributed by atoms with Gasteiger partial charge in [0.2, 0.25) is 5.95 Å². The van der Waals surface area contributed by atoms with Crippen LogP contribution in [0.1, 0.15) is 70.6 Å².